The first kappa shape index (κ1) is 23.8. The standard InChI is InChI=1S/C22H26BrN5O4/c1-27(11-6-16-2-4-19(5-3-16)28(31)32)21(30)22(7-9-24-10-8-22)26-20(29)13-17-12-18(23)15-25-14-17/h2-5,12,14-15,24H,6-11,13H2,1H3,(H,26,29). The average molecular weight is 504 g/mol. The van der Waals surface area contributed by atoms with Crippen LogP contribution in [0.5, 0.6) is 0 Å². The number of carbonyl (C=O) groups is 2. The lowest BCUT2D eigenvalue weighted by molar-refractivity contribution is -0.384. The van der Waals surface area contributed by atoms with Crippen molar-refractivity contribution in [3.8, 4) is 0 Å². The van der Waals surface area contributed by atoms with E-state index in [0.29, 0.717) is 38.9 Å². The SMILES string of the molecule is CN(CCc1ccc([N+](=O)[O-])cc1)C(=O)C1(NC(=O)Cc2cncc(Br)c2)CCNCC1. The van der Waals surface area contributed by atoms with Gasteiger partial charge in [-0.15, -0.1) is 0 Å². The lowest BCUT2D eigenvalue weighted by atomic mass is 9.86. The molecule has 2 N–H and O–H groups in total. The first-order valence-corrected chi connectivity index (χ1v) is 11.2. The van der Waals surface area contributed by atoms with Crippen molar-refractivity contribution >= 4 is 33.4 Å². The van der Waals surface area contributed by atoms with E-state index in [1.807, 2.05) is 6.07 Å². The number of likely N-dealkylation sites (N-methyl/N-ethyl adjacent to an activating group) is 1. The summed E-state index contributed by atoms with van der Waals surface area (Å²) in [6, 6.07) is 8.15. The summed E-state index contributed by atoms with van der Waals surface area (Å²) in [5, 5.41) is 17.1. The molecule has 1 aromatic heterocycles. The number of nitro groups is 1. The van der Waals surface area contributed by atoms with E-state index in [-0.39, 0.29) is 23.9 Å². The maximum atomic E-state index is 13.4. The Balaban J connectivity index is 1.64. The van der Waals surface area contributed by atoms with Crippen molar-refractivity contribution in [2.75, 3.05) is 26.7 Å². The molecule has 0 atom stereocenters. The van der Waals surface area contributed by atoms with Crippen molar-refractivity contribution in [1.29, 1.82) is 0 Å². The van der Waals surface area contributed by atoms with Crippen molar-refractivity contribution in [2.45, 2.75) is 31.2 Å². The molecule has 0 saturated carbocycles. The smallest absolute Gasteiger partial charge is 0.269 e. The van der Waals surface area contributed by atoms with Crippen LogP contribution in [0.2, 0.25) is 0 Å². The van der Waals surface area contributed by atoms with Gasteiger partial charge < -0.3 is 15.5 Å². The number of nitro benzene ring substituents is 1. The molecule has 32 heavy (non-hydrogen) atoms. The number of hydrogen-bond donors (Lipinski definition) is 2. The minimum absolute atomic E-state index is 0.0372. The van der Waals surface area contributed by atoms with Gasteiger partial charge in [0.25, 0.3) is 5.69 Å². The molecule has 0 spiro atoms. The van der Waals surface area contributed by atoms with Gasteiger partial charge in [-0.05, 0) is 65.5 Å². The summed E-state index contributed by atoms with van der Waals surface area (Å²) in [6.45, 7) is 1.72. The van der Waals surface area contributed by atoms with Crippen LogP contribution in [-0.2, 0) is 22.4 Å². The van der Waals surface area contributed by atoms with Crippen molar-refractivity contribution in [2.24, 2.45) is 0 Å². The van der Waals surface area contributed by atoms with Gasteiger partial charge in [0, 0.05) is 42.6 Å². The third kappa shape index (κ3) is 6.10. The van der Waals surface area contributed by atoms with Gasteiger partial charge in [0.15, 0.2) is 0 Å². The minimum atomic E-state index is -0.952. The van der Waals surface area contributed by atoms with E-state index in [1.165, 1.54) is 12.1 Å². The maximum absolute atomic E-state index is 13.4. The minimum Gasteiger partial charge on any atom is -0.343 e. The van der Waals surface area contributed by atoms with Gasteiger partial charge in [0.2, 0.25) is 11.8 Å². The highest BCUT2D eigenvalue weighted by atomic mass is 79.9. The number of amides is 2. The number of pyridine rings is 1. The summed E-state index contributed by atoms with van der Waals surface area (Å²) >= 11 is 3.35. The topological polar surface area (TPSA) is 117 Å². The number of non-ortho nitro benzene ring substituents is 1. The van der Waals surface area contributed by atoms with E-state index >= 15 is 0 Å². The van der Waals surface area contributed by atoms with Crippen molar-refractivity contribution in [1.82, 2.24) is 20.5 Å². The molecule has 1 saturated heterocycles. The highest BCUT2D eigenvalue weighted by Gasteiger charge is 2.42. The van der Waals surface area contributed by atoms with Crippen LogP contribution in [0.4, 0.5) is 5.69 Å². The second kappa shape index (κ2) is 10.6. The van der Waals surface area contributed by atoms with E-state index in [2.05, 4.69) is 31.5 Å². The molecule has 1 aromatic carbocycles. The molecular weight excluding hydrogens is 478 g/mol. The van der Waals surface area contributed by atoms with Crippen molar-refractivity contribution in [3.05, 3.63) is 68.4 Å². The first-order valence-electron chi connectivity index (χ1n) is 10.4. The Morgan fingerprint density at radius 1 is 1.22 bits per heavy atom. The van der Waals surface area contributed by atoms with Gasteiger partial charge in [0.1, 0.15) is 5.54 Å². The first-order chi connectivity index (χ1) is 15.3. The summed E-state index contributed by atoms with van der Waals surface area (Å²) in [5.41, 5.74) is 0.752. The van der Waals surface area contributed by atoms with E-state index in [0.717, 1.165) is 15.6 Å². The number of halogens is 1. The van der Waals surface area contributed by atoms with Crippen LogP contribution in [0.3, 0.4) is 0 Å². The molecule has 1 aliphatic heterocycles. The van der Waals surface area contributed by atoms with Gasteiger partial charge >= 0.3 is 0 Å². The average Bonchev–Trinajstić information content (AvgIpc) is 2.77. The lowest BCUT2D eigenvalue weighted by Gasteiger charge is -2.39. The van der Waals surface area contributed by atoms with Gasteiger partial charge in [-0.1, -0.05) is 12.1 Å². The quantitative estimate of drug-likeness (QED) is 0.421. The van der Waals surface area contributed by atoms with Crippen LogP contribution in [0.25, 0.3) is 0 Å². The third-order valence-corrected chi connectivity index (χ3v) is 6.03. The van der Waals surface area contributed by atoms with E-state index < -0.39 is 10.5 Å². The number of piperidine rings is 1. The summed E-state index contributed by atoms with van der Waals surface area (Å²) in [7, 11) is 1.72. The van der Waals surface area contributed by atoms with Crippen molar-refractivity contribution < 1.29 is 14.5 Å². The van der Waals surface area contributed by atoms with Crippen molar-refractivity contribution in [3.63, 3.8) is 0 Å². The normalized spacial score (nSPS) is 15.1. The molecule has 0 aliphatic carbocycles. The fraction of sp³-hybridized carbons (Fsp3) is 0.409. The third-order valence-electron chi connectivity index (χ3n) is 5.60. The summed E-state index contributed by atoms with van der Waals surface area (Å²) in [6.07, 6.45) is 5.01. The van der Waals surface area contributed by atoms with Crippen LogP contribution in [0.15, 0.2) is 47.2 Å². The molecule has 3 rings (SSSR count). The number of nitrogens with one attached hydrogen (secondary N) is 2. The Bertz CT molecular complexity index is 977. The summed E-state index contributed by atoms with van der Waals surface area (Å²) < 4.78 is 0.793. The van der Waals surface area contributed by atoms with E-state index in [9.17, 15) is 19.7 Å². The fourth-order valence-electron chi connectivity index (χ4n) is 3.84. The zero-order valence-corrected chi connectivity index (χ0v) is 19.4. The number of benzene rings is 1. The van der Waals surface area contributed by atoms with Crippen LogP contribution >= 0.6 is 15.9 Å². The zero-order chi connectivity index (χ0) is 23.1. The molecular formula is C22H26BrN5O4. The predicted molar refractivity (Wildman–Crippen MR) is 123 cm³/mol. The number of rotatable bonds is 8. The molecule has 0 bridgehead atoms. The number of aromatic nitrogens is 1. The van der Waals surface area contributed by atoms with E-state index in [4.69, 9.17) is 0 Å². The predicted octanol–water partition coefficient (Wildman–Crippen LogP) is 2.23. The Morgan fingerprint density at radius 3 is 2.53 bits per heavy atom. The van der Waals surface area contributed by atoms with Gasteiger partial charge in [0.05, 0.1) is 11.3 Å². The Kier molecular flexibility index (Phi) is 7.92. The molecule has 10 heteroatoms. The number of carbonyl (C=O) groups excluding carboxylic acids is 2. The zero-order valence-electron chi connectivity index (χ0n) is 17.8. The number of hydrogen-bond acceptors (Lipinski definition) is 6. The second-order valence-electron chi connectivity index (χ2n) is 7.97. The monoisotopic (exact) mass is 503 g/mol. The molecule has 0 unspecified atom stereocenters. The molecule has 0 radical (unpaired) electrons. The van der Waals surface area contributed by atoms with Crippen LogP contribution < -0.4 is 10.6 Å². The van der Waals surface area contributed by atoms with Gasteiger partial charge in [-0.25, -0.2) is 0 Å². The second-order valence-corrected chi connectivity index (χ2v) is 8.88. The highest BCUT2D eigenvalue weighted by molar-refractivity contribution is 9.10. The van der Waals surface area contributed by atoms with Gasteiger partial charge in [-0.2, -0.15) is 0 Å². The Morgan fingerprint density at radius 2 is 1.91 bits per heavy atom. The van der Waals surface area contributed by atoms with Crippen LogP contribution in [-0.4, -0.2) is 58.8 Å². The molecule has 2 aromatic rings. The Labute approximate surface area is 194 Å². The maximum Gasteiger partial charge on any atom is 0.269 e. The molecule has 2 amide bonds. The molecule has 1 aliphatic rings. The highest BCUT2D eigenvalue weighted by Crippen LogP contribution is 2.22. The summed E-state index contributed by atoms with van der Waals surface area (Å²) in [4.78, 5) is 42.3. The molecule has 9 nitrogen and oxygen atoms in total. The number of nitrogens with zero attached hydrogens (tertiary/aromatic N) is 3. The van der Waals surface area contributed by atoms with E-state index in [1.54, 1.807) is 36.5 Å². The molecule has 1 fully saturated rings. The lowest BCUT2D eigenvalue weighted by Crippen LogP contribution is -2.63. The van der Waals surface area contributed by atoms with Crippen LogP contribution in [0, 0.1) is 10.1 Å². The van der Waals surface area contributed by atoms with Gasteiger partial charge in [-0.3, -0.25) is 24.7 Å². The summed E-state index contributed by atoms with van der Waals surface area (Å²) in [5.74, 6) is -0.342. The molecule has 2 heterocycles. The molecule has 170 valence electrons. The largest absolute Gasteiger partial charge is 0.343 e. The Hall–Kier alpha value is -2.85. The van der Waals surface area contributed by atoms with Crippen LogP contribution in [0.1, 0.15) is 24.0 Å². The fourth-order valence-corrected chi connectivity index (χ4v) is 4.26.